The molecule has 21 heavy (non-hydrogen) atoms. The molecular weight excluding hydrogens is 519 g/mol. The molecular formula is C15H12Br2F2IN. The van der Waals surface area contributed by atoms with Crippen LogP contribution < -0.4 is 5.32 Å². The fourth-order valence-corrected chi connectivity index (χ4v) is 3.57. The summed E-state index contributed by atoms with van der Waals surface area (Å²) in [6, 6.07) is 8.37. The van der Waals surface area contributed by atoms with Gasteiger partial charge < -0.3 is 5.32 Å². The summed E-state index contributed by atoms with van der Waals surface area (Å²) in [4.78, 5) is 0. The third-order valence-electron chi connectivity index (χ3n) is 3.23. The minimum atomic E-state index is -0.541. The highest BCUT2D eigenvalue weighted by molar-refractivity contribution is 14.1. The van der Waals surface area contributed by atoms with Crippen LogP contribution in [0.4, 0.5) is 8.78 Å². The minimum absolute atomic E-state index is 0.0829. The summed E-state index contributed by atoms with van der Waals surface area (Å²) in [7, 11) is 1.79. The Labute approximate surface area is 152 Å². The molecule has 1 atom stereocenters. The lowest BCUT2D eigenvalue weighted by Crippen LogP contribution is -2.21. The van der Waals surface area contributed by atoms with Crippen LogP contribution >= 0.6 is 54.5 Å². The Morgan fingerprint density at radius 1 is 1.19 bits per heavy atom. The maximum Gasteiger partial charge on any atom is 0.143 e. The van der Waals surface area contributed by atoms with Crippen LogP contribution in [0.5, 0.6) is 0 Å². The van der Waals surface area contributed by atoms with E-state index in [4.69, 9.17) is 0 Å². The zero-order valence-electron chi connectivity index (χ0n) is 11.1. The van der Waals surface area contributed by atoms with E-state index in [-0.39, 0.29) is 22.5 Å². The molecule has 2 rings (SSSR count). The van der Waals surface area contributed by atoms with Gasteiger partial charge in [-0.2, -0.15) is 0 Å². The Bertz CT molecular complexity index is 664. The van der Waals surface area contributed by atoms with Gasteiger partial charge in [-0.15, -0.1) is 0 Å². The molecule has 0 aliphatic rings. The van der Waals surface area contributed by atoms with Crippen LogP contribution in [0.15, 0.2) is 39.3 Å². The number of hydrogen-bond donors (Lipinski definition) is 1. The van der Waals surface area contributed by atoms with Gasteiger partial charge in [0.25, 0.3) is 0 Å². The van der Waals surface area contributed by atoms with Gasteiger partial charge in [-0.3, -0.25) is 0 Å². The normalized spacial score (nSPS) is 12.5. The topological polar surface area (TPSA) is 12.0 Å². The van der Waals surface area contributed by atoms with Crippen molar-refractivity contribution in [3.63, 3.8) is 0 Å². The maximum absolute atomic E-state index is 14.1. The summed E-state index contributed by atoms with van der Waals surface area (Å²) in [5.74, 6) is -1.07. The number of halogens is 5. The molecule has 1 N–H and O–H groups in total. The molecule has 0 aromatic heterocycles. The zero-order chi connectivity index (χ0) is 15.6. The molecule has 0 aliphatic heterocycles. The third kappa shape index (κ3) is 4.03. The van der Waals surface area contributed by atoms with E-state index in [1.807, 2.05) is 18.2 Å². The first-order chi connectivity index (χ1) is 9.93. The zero-order valence-corrected chi connectivity index (χ0v) is 16.4. The molecule has 0 saturated heterocycles. The van der Waals surface area contributed by atoms with Crippen molar-refractivity contribution < 1.29 is 8.78 Å². The molecule has 1 nitrogen and oxygen atoms in total. The summed E-state index contributed by atoms with van der Waals surface area (Å²) < 4.78 is 30.3. The Balaban J connectivity index is 2.40. The van der Waals surface area contributed by atoms with Crippen LogP contribution in [0, 0.1) is 15.2 Å². The molecule has 6 heteroatoms. The summed E-state index contributed by atoms with van der Waals surface area (Å²) >= 11 is 8.76. The number of rotatable bonds is 4. The van der Waals surface area contributed by atoms with E-state index >= 15 is 0 Å². The predicted octanol–water partition coefficient (Wildman–Crippen LogP) is 5.60. The molecule has 0 spiro atoms. The monoisotopic (exact) mass is 529 g/mol. The van der Waals surface area contributed by atoms with Crippen molar-refractivity contribution in [2.45, 2.75) is 12.5 Å². The lowest BCUT2D eigenvalue weighted by molar-refractivity contribution is 0.511. The predicted molar refractivity (Wildman–Crippen MR) is 96.4 cm³/mol. The van der Waals surface area contributed by atoms with E-state index in [1.165, 1.54) is 12.1 Å². The van der Waals surface area contributed by atoms with Crippen molar-refractivity contribution in [2.24, 2.45) is 0 Å². The summed E-state index contributed by atoms with van der Waals surface area (Å²) in [5.41, 5.74) is 1.09. The molecule has 2 aromatic rings. The van der Waals surface area contributed by atoms with E-state index in [9.17, 15) is 8.78 Å². The Hall–Kier alpha value is -0.0500. The number of nitrogens with one attached hydrogen (secondary N) is 1. The van der Waals surface area contributed by atoms with Crippen molar-refractivity contribution in [1.82, 2.24) is 5.32 Å². The lowest BCUT2D eigenvalue weighted by Gasteiger charge is -2.19. The fourth-order valence-electron chi connectivity index (χ4n) is 2.11. The van der Waals surface area contributed by atoms with Gasteiger partial charge in [0.05, 0.1) is 4.47 Å². The van der Waals surface area contributed by atoms with Crippen molar-refractivity contribution >= 4 is 54.5 Å². The van der Waals surface area contributed by atoms with Gasteiger partial charge in [-0.05, 0) is 87.9 Å². The third-order valence-corrected chi connectivity index (χ3v) is 5.32. The van der Waals surface area contributed by atoms with Crippen LogP contribution in [-0.2, 0) is 6.42 Å². The van der Waals surface area contributed by atoms with Crippen molar-refractivity contribution in [3.8, 4) is 0 Å². The molecule has 2 aromatic carbocycles. The molecule has 112 valence electrons. The van der Waals surface area contributed by atoms with Crippen LogP contribution in [0.2, 0.25) is 0 Å². The number of likely N-dealkylation sites (N-methyl/N-ethyl adjacent to an activating group) is 1. The average Bonchev–Trinajstić information content (AvgIpc) is 2.46. The first kappa shape index (κ1) is 17.3. The second kappa shape index (κ2) is 7.48. The van der Waals surface area contributed by atoms with Gasteiger partial charge in [-0.1, -0.05) is 15.9 Å². The molecule has 0 saturated carbocycles. The molecule has 0 aliphatic carbocycles. The van der Waals surface area contributed by atoms with Crippen molar-refractivity contribution in [1.29, 1.82) is 0 Å². The Morgan fingerprint density at radius 3 is 2.57 bits per heavy atom. The van der Waals surface area contributed by atoms with E-state index in [2.05, 4.69) is 59.8 Å². The summed E-state index contributed by atoms with van der Waals surface area (Å²) in [6.07, 6.45) is 0.236. The van der Waals surface area contributed by atoms with E-state index < -0.39 is 11.6 Å². The standard InChI is InChI=1S/C15H12Br2F2IN/c1-21-14(10-6-8(16)2-5-13(10)20)7-9-12(18)4-3-11(17)15(9)19/h2-6,14,21H,7H2,1H3. The van der Waals surface area contributed by atoms with Crippen LogP contribution in [-0.4, -0.2) is 7.05 Å². The van der Waals surface area contributed by atoms with Gasteiger partial charge in [0.1, 0.15) is 11.6 Å². The van der Waals surface area contributed by atoms with E-state index in [1.54, 1.807) is 7.05 Å². The van der Waals surface area contributed by atoms with Gasteiger partial charge >= 0.3 is 0 Å². The van der Waals surface area contributed by atoms with E-state index in [0.717, 1.165) is 13.6 Å². The second-order valence-electron chi connectivity index (χ2n) is 4.53. The van der Waals surface area contributed by atoms with E-state index in [0.29, 0.717) is 0 Å². The Kier molecular flexibility index (Phi) is 6.16. The number of hydrogen-bond acceptors (Lipinski definition) is 1. The number of benzene rings is 2. The fraction of sp³-hybridized carbons (Fsp3) is 0.200. The smallest absolute Gasteiger partial charge is 0.143 e. The van der Waals surface area contributed by atoms with Crippen LogP contribution in [0.1, 0.15) is 17.2 Å². The highest BCUT2D eigenvalue weighted by Gasteiger charge is 2.20. The molecule has 0 amide bonds. The maximum atomic E-state index is 14.1. The van der Waals surface area contributed by atoms with Crippen LogP contribution in [0.25, 0.3) is 0 Å². The van der Waals surface area contributed by atoms with Crippen molar-refractivity contribution in [2.75, 3.05) is 7.05 Å². The highest BCUT2D eigenvalue weighted by atomic mass is 127. The molecule has 0 radical (unpaired) electrons. The van der Waals surface area contributed by atoms with Crippen molar-refractivity contribution in [3.05, 3.63) is 65.6 Å². The largest absolute Gasteiger partial charge is 0.313 e. The van der Waals surface area contributed by atoms with Gasteiger partial charge in [0.2, 0.25) is 0 Å². The molecule has 0 heterocycles. The van der Waals surface area contributed by atoms with Gasteiger partial charge in [0.15, 0.2) is 0 Å². The summed E-state index contributed by atoms with van der Waals surface area (Å²) in [6.45, 7) is 0. The van der Waals surface area contributed by atoms with Gasteiger partial charge in [0, 0.05) is 19.6 Å². The minimum Gasteiger partial charge on any atom is -0.313 e. The first-order valence-electron chi connectivity index (χ1n) is 6.18. The molecule has 0 fully saturated rings. The Morgan fingerprint density at radius 2 is 1.90 bits per heavy atom. The highest BCUT2D eigenvalue weighted by Crippen LogP contribution is 2.30. The van der Waals surface area contributed by atoms with Crippen LogP contribution in [0.3, 0.4) is 0 Å². The summed E-state index contributed by atoms with van der Waals surface area (Å²) in [5, 5.41) is 3.13. The first-order valence-corrected chi connectivity index (χ1v) is 8.85. The SMILES string of the molecule is CNC(Cc1c(F)ccc(Br)c1F)c1cc(Br)ccc1I. The van der Waals surface area contributed by atoms with Gasteiger partial charge in [-0.25, -0.2) is 8.78 Å². The lowest BCUT2D eigenvalue weighted by atomic mass is 9.98. The average molecular weight is 531 g/mol. The quantitative estimate of drug-likeness (QED) is 0.401. The molecule has 1 unspecified atom stereocenters. The molecule has 0 bridgehead atoms. The second-order valence-corrected chi connectivity index (χ2v) is 7.47.